The Labute approximate surface area is 91.3 Å². The van der Waals surface area contributed by atoms with E-state index in [-0.39, 0.29) is 5.41 Å². The summed E-state index contributed by atoms with van der Waals surface area (Å²) in [5.41, 5.74) is 1.47. The van der Waals surface area contributed by atoms with Crippen molar-refractivity contribution in [2.45, 2.75) is 43.9 Å². The molecule has 0 atom stereocenters. The first kappa shape index (κ1) is 11.6. The normalized spacial score (nSPS) is 11.7. The van der Waals surface area contributed by atoms with Gasteiger partial charge < -0.3 is 0 Å². The smallest absolute Gasteiger partial charge is 0.0463 e. The van der Waals surface area contributed by atoms with Crippen LogP contribution in [-0.2, 0) is 5.41 Å². The molecule has 0 aliphatic carbocycles. The zero-order valence-corrected chi connectivity index (χ0v) is 10.3. The van der Waals surface area contributed by atoms with Crippen LogP contribution in [0, 0.1) is 0 Å². The van der Waals surface area contributed by atoms with Gasteiger partial charge >= 0.3 is 0 Å². The molecule has 0 radical (unpaired) electrons. The van der Waals surface area contributed by atoms with Gasteiger partial charge in [0.05, 0.1) is 0 Å². The van der Waals surface area contributed by atoms with Gasteiger partial charge in [0.15, 0.2) is 0 Å². The molecule has 0 aromatic carbocycles. The van der Waals surface area contributed by atoms with Crippen molar-refractivity contribution in [3.8, 4) is 0 Å². The predicted molar refractivity (Wildman–Crippen MR) is 64.0 cm³/mol. The highest BCUT2D eigenvalue weighted by Crippen LogP contribution is 2.29. The summed E-state index contributed by atoms with van der Waals surface area (Å²) in [6.07, 6.45) is 6.35. The molecule has 1 aromatic heterocycles. The lowest BCUT2D eigenvalue weighted by atomic mass is 9.81. The average Bonchev–Trinajstić information content (AvgIpc) is 2.28. The van der Waals surface area contributed by atoms with Crippen molar-refractivity contribution in [3.05, 3.63) is 24.0 Å². The number of thioether (sulfide) groups is 1. The molecule has 0 saturated heterocycles. The molecule has 0 spiro atoms. The fourth-order valence-electron chi connectivity index (χ4n) is 1.47. The Morgan fingerprint density at radius 1 is 1.29 bits per heavy atom. The molecule has 14 heavy (non-hydrogen) atoms. The number of nitrogens with zero attached hydrogens (tertiary/aromatic N) is 1. The van der Waals surface area contributed by atoms with Gasteiger partial charge in [-0.05, 0) is 31.2 Å². The van der Waals surface area contributed by atoms with Crippen LogP contribution in [-0.4, -0.2) is 11.2 Å². The topological polar surface area (TPSA) is 12.9 Å². The van der Waals surface area contributed by atoms with Crippen LogP contribution in [0.2, 0.25) is 0 Å². The van der Waals surface area contributed by atoms with E-state index in [0.29, 0.717) is 0 Å². The molecule has 0 fully saturated rings. The SMILES string of the molecule is CCC(C)(CC)c1ccc(SC)cn1. The van der Waals surface area contributed by atoms with E-state index in [4.69, 9.17) is 0 Å². The highest BCUT2D eigenvalue weighted by Gasteiger charge is 2.23. The van der Waals surface area contributed by atoms with E-state index in [1.807, 2.05) is 6.20 Å². The van der Waals surface area contributed by atoms with Crippen molar-refractivity contribution >= 4 is 11.8 Å². The maximum atomic E-state index is 4.54. The fourth-order valence-corrected chi connectivity index (χ4v) is 1.83. The summed E-state index contributed by atoms with van der Waals surface area (Å²) < 4.78 is 0. The summed E-state index contributed by atoms with van der Waals surface area (Å²) >= 11 is 1.74. The monoisotopic (exact) mass is 209 g/mol. The van der Waals surface area contributed by atoms with Crippen molar-refractivity contribution in [2.24, 2.45) is 0 Å². The zero-order chi connectivity index (χ0) is 10.6. The molecule has 0 bridgehead atoms. The van der Waals surface area contributed by atoms with Gasteiger partial charge in [0.1, 0.15) is 0 Å². The van der Waals surface area contributed by atoms with Crippen molar-refractivity contribution < 1.29 is 0 Å². The Hall–Kier alpha value is -0.500. The Morgan fingerprint density at radius 2 is 1.93 bits per heavy atom. The van der Waals surface area contributed by atoms with Crippen molar-refractivity contribution in [2.75, 3.05) is 6.26 Å². The number of aromatic nitrogens is 1. The zero-order valence-electron chi connectivity index (χ0n) is 9.50. The first-order valence-electron chi connectivity index (χ1n) is 5.16. The van der Waals surface area contributed by atoms with Gasteiger partial charge in [-0.2, -0.15) is 0 Å². The van der Waals surface area contributed by atoms with E-state index in [1.54, 1.807) is 11.8 Å². The number of pyridine rings is 1. The molecular formula is C12H19NS. The van der Waals surface area contributed by atoms with Gasteiger partial charge in [0.2, 0.25) is 0 Å². The standard InChI is InChI=1S/C12H19NS/c1-5-12(3,6-2)11-8-7-10(14-4)9-13-11/h7-9H,5-6H2,1-4H3. The third-order valence-electron chi connectivity index (χ3n) is 3.15. The Morgan fingerprint density at radius 3 is 2.29 bits per heavy atom. The molecule has 1 nitrogen and oxygen atoms in total. The highest BCUT2D eigenvalue weighted by molar-refractivity contribution is 7.98. The molecule has 1 aromatic rings. The van der Waals surface area contributed by atoms with Gasteiger partial charge in [0, 0.05) is 22.2 Å². The first-order valence-corrected chi connectivity index (χ1v) is 6.39. The van der Waals surface area contributed by atoms with Gasteiger partial charge in [-0.25, -0.2) is 0 Å². The van der Waals surface area contributed by atoms with Crippen molar-refractivity contribution in [1.29, 1.82) is 0 Å². The second-order valence-electron chi connectivity index (χ2n) is 3.85. The summed E-state index contributed by atoms with van der Waals surface area (Å²) in [5.74, 6) is 0. The minimum Gasteiger partial charge on any atom is -0.260 e. The summed E-state index contributed by atoms with van der Waals surface area (Å²) in [7, 11) is 0. The van der Waals surface area contributed by atoms with Gasteiger partial charge in [0.25, 0.3) is 0 Å². The maximum Gasteiger partial charge on any atom is 0.0463 e. The quantitative estimate of drug-likeness (QED) is 0.698. The molecule has 0 amide bonds. The van der Waals surface area contributed by atoms with Crippen LogP contribution < -0.4 is 0 Å². The van der Waals surface area contributed by atoms with E-state index in [2.05, 4.69) is 44.1 Å². The van der Waals surface area contributed by atoms with Gasteiger partial charge in [-0.15, -0.1) is 11.8 Å². The molecule has 0 N–H and O–H groups in total. The molecule has 0 saturated carbocycles. The summed E-state index contributed by atoms with van der Waals surface area (Å²) in [5, 5.41) is 0. The van der Waals surface area contributed by atoms with Crippen LogP contribution in [0.4, 0.5) is 0 Å². The Bertz CT molecular complexity index is 275. The van der Waals surface area contributed by atoms with Crippen LogP contribution in [0.15, 0.2) is 23.2 Å². The average molecular weight is 209 g/mol. The summed E-state index contributed by atoms with van der Waals surface area (Å²) in [4.78, 5) is 5.78. The minimum atomic E-state index is 0.247. The van der Waals surface area contributed by atoms with Crippen LogP contribution >= 0.6 is 11.8 Å². The van der Waals surface area contributed by atoms with Crippen molar-refractivity contribution in [1.82, 2.24) is 4.98 Å². The van der Waals surface area contributed by atoms with Gasteiger partial charge in [-0.1, -0.05) is 20.8 Å². The third kappa shape index (κ3) is 2.30. The lowest BCUT2D eigenvalue weighted by Gasteiger charge is -2.25. The van der Waals surface area contributed by atoms with Crippen molar-refractivity contribution in [3.63, 3.8) is 0 Å². The number of hydrogen-bond donors (Lipinski definition) is 0. The minimum absolute atomic E-state index is 0.247. The second kappa shape index (κ2) is 4.83. The van der Waals surface area contributed by atoms with Crippen LogP contribution in [0.25, 0.3) is 0 Å². The van der Waals surface area contributed by atoms with E-state index < -0.39 is 0 Å². The predicted octanol–water partition coefficient (Wildman–Crippen LogP) is 3.88. The molecular weight excluding hydrogens is 190 g/mol. The fraction of sp³-hybridized carbons (Fsp3) is 0.583. The van der Waals surface area contributed by atoms with E-state index in [9.17, 15) is 0 Å². The number of hydrogen-bond acceptors (Lipinski definition) is 2. The van der Waals surface area contributed by atoms with E-state index >= 15 is 0 Å². The van der Waals surface area contributed by atoms with Gasteiger partial charge in [-0.3, -0.25) is 4.98 Å². The Balaban J connectivity index is 2.95. The lowest BCUT2D eigenvalue weighted by Crippen LogP contribution is -2.20. The van der Waals surface area contributed by atoms with E-state index in [1.165, 1.54) is 10.6 Å². The third-order valence-corrected chi connectivity index (χ3v) is 3.86. The summed E-state index contributed by atoms with van der Waals surface area (Å²) in [6.45, 7) is 6.75. The molecule has 1 rings (SSSR count). The molecule has 0 aliphatic rings. The molecule has 2 heteroatoms. The summed E-state index contributed by atoms with van der Waals surface area (Å²) in [6, 6.07) is 4.33. The lowest BCUT2D eigenvalue weighted by molar-refractivity contribution is 0.425. The molecule has 78 valence electrons. The molecule has 0 unspecified atom stereocenters. The highest BCUT2D eigenvalue weighted by atomic mass is 32.2. The maximum absolute atomic E-state index is 4.54. The van der Waals surface area contributed by atoms with Crippen LogP contribution in [0.5, 0.6) is 0 Å². The molecule has 1 heterocycles. The van der Waals surface area contributed by atoms with Crippen LogP contribution in [0.3, 0.4) is 0 Å². The largest absolute Gasteiger partial charge is 0.260 e. The number of rotatable bonds is 4. The van der Waals surface area contributed by atoms with E-state index in [0.717, 1.165) is 12.8 Å². The molecule has 0 aliphatic heterocycles. The first-order chi connectivity index (χ1) is 6.66. The second-order valence-corrected chi connectivity index (χ2v) is 4.73. The van der Waals surface area contributed by atoms with Crippen LogP contribution in [0.1, 0.15) is 39.3 Å². The Kier molecular flexibility index (Phi) is 3.99.